The summed E-state index contributed by atoms with van der Waals surface area (Å²) in [4.78, 5) is 39.7. The van der Waals surface area contributed by atoms with Crippen molar-refractivity contribution in [2.45, 2.75) is 70.2 Å². The number of ether oxygens (including phenoxy) is 2. The van der Waals surface area contributed by atoms with Crippen LogP contribution in [0.2, 0.25) is 0 Å². The summed E-state index contributed by atoms with van der Waals surface area (Å²) in [5.74, 6) is -0.351. The molecule has 4 atom stereocenters. The van der Waals surface area contributed by atoms with Crippen LogP contribution in [0.4, 0.5) is 4.79 Å². The van der Waals surface area contributed by atoms with Crippen LogP contribution in [0.25, 0.3) is 0 Å². The second-order valence-corrected chi connectivity index (χ2v) is 9.75. The molecule has 0 bridgehead atoms. The van der Waals surface area contributed by atoms with E-state index < -0.39 is 29.8 Å². The molecule has 1 saturated carbocycles. The van der Waals surface area contributed by atoms with Crippen molar-refractivity contribution in [3.8, 4) is 0 Å². The van der Waals surface area contributed by atoms with Crippen LogP contribution in [-0.4, -0.2) is 46.5 Å². The molecule has 6 nitrogen and oxygen atoms in total. The van der Waals surface area contributed by atoms with Crippen molar-refractivity contribution in [3.63, 3.8) is 0 Å². The van der Waals surface area contributed by atoms with E-state index in [0.29, 0.717) is 30.7 Å². The molecule has 2 aliphatic carbocycles. The number of halogens is 1. The molecule has 1 saturated heterocycles. The van der Waals surface area contributed by atoms with E-state index in [0.717, 1.165) is 16.5 Å². The number of esters is 1. The minimum Gasteiger partial charge on any atom is -0.452 e. The highest BCUT2D eigenvalue weighted by atomic mass is 79.9. The highest BCUT2D eigenvalue weighted by molar-refractivity contribution is 9.10. The van der Waals surface area contributed by atoms with E-state index in [-0.39, 0.29) is 11.8 Å². The zero-order valence-electron chi connectivity index (χ0n) is 16.2. The average Bonchev–Trinajstić information content (AvgIpc) is 3.25. The Morgan fingerprint density at radius 1 is 1.21 bits per heavy atom. The van der Waals surface area contributed by atoms with Crippen molar-refractivity contribution in [1.29, 1.82) is 0 Å². The predicted molar refractivity (Wildman–Crippen MR) is 105 cm³/mol. The Morgan fingerprint density at radius 3 is 2.68 bits per heavy atom. The second kappa shape index (κ2) is 6.87. The molecule has 0 spiro atoms. The number of hydrogen-bond donors (Lipinski definition) is 0. The van der Waals surface area contributed by atoms with Gasteiger partial charge in [-0.15, -0.1) is 0 Å². The molecule has 2 fully saturated rings. The van der Waals surface area contributed by atoms with Gasteiger partial charge in [0.15, 0.2) is 6.10 Å². The van der Waals surface area contributed by atoms with Crippen molar-refractivity contribution in [2.75, 3.05) is 0 Å². The van der Waals surface area contributed by atoms with Crippen molar-refractivity contribution in [3.05, 3.63) is 33.8 Å². The molecule has 7 heteroatoms. The number of benzene rings is 1. The first-order valence-corrected chi connectivity index (χ1v) is 10.5. The molecular formula is C21H24BrNO5. The summed E-state index contributed by atoms with van der Waals surface area (Å²) in [5.41, 5.74) is 0.935. The fourth-order valence-electron chi connectivity index (χ4n) is 4.18. The van der Waals surface area contributed by atoms with Gasteiger partial charge in [0.25, 0.3) is 0 Å². The van der Waals surface area contributed by atoms with Crippen molar-refractivity contribution < 1.29 is 23.9 Å². The maximum absolute atomic E-state index is 12.8. The molecule has 4 rings (SSSR count). The fourth-order valence-corrected chi connectivity index (χ4v) is 4.58. The van der Waals surface area contributed by atoms with E-state index in [1.807, 2.05) is 12.1 Å². The van der Waals surface area contributed by atoms with Crippen LogP contribution in [0.3, 0.4) is 0 Å². The topological polar surface area (TPSA) is 72.9 Å². The third-order valence-corrected chi connectivity index (χ3v) is 6.03. The van der Waals surface area contributed by atoms with Crippen LogP contribution in [0.5, 0.6) is 0 Å². The van der Waals surface area contributed by atoms with Crippen molar-refractivity contribution in [2.24, 2.45) is 5.92 Å². The van der Waals surface area contributed by atoms with Crippen LogP contribution in [-0.2, 0) is 20.7 Å². The molecule has 0 N–H and O–H groups in total. The van der Waals surface area contributed by atoms with Crippen molar-refractivity contribution in [1.82, 2.24) is 4.90 Å². The number of likely N-dealkylation sites (tertiary alicyclic amines) is 1. The lowest BCUT2D eigenvalue weighted by atomic mass is 9.88. The van der Waals surface area contributed by atoms with Gasteiger partial charge in [0.05, 0.1) is 0 Å². The summed E-state index contributed by atoms with van der Waals surface area (Å²) in [6.07, 6.45) is 1.33. The van der Waals surface area contributed by atoms with E-state index in [2.05, 4.69) is 15.9 Å². The van der Waals surface area contributed by atoms with Crippen LogP contribution in [0.15, 0.2) is 22.7 Å². The SMILES string of the molecule is CC(C)(C)OC(=O)N1C2CC2C[C@H]1C(=O)OC1CCc2cc(Br)ccc2C1=O. The molecule has 3 aliphatic rings. The molecule has 28 heavy (non-hydrogen) atoms. The van der Waals surface area contributed by atoms with E-state index >= 15 is 0 Å². The lowest BCUT2D eigenvalue weighted by Crippen LogP contribution is -2.47. The number of nitrogens with zero attached hydrogens (tertiary/aromatic N) is 1. The monoisotopic (exact) mass is 449 g/mol. The molecule has 0 aromatic heterocycles. The van der Waals surface area contributed by atoms with Gasteiger partial charge in [0.1, 0.15) is 11.6 Å². The van der Waals surface area contributed by atoms with Gasteiger partial charge in [0, 0.05) is 16.1 Å². The summed E-state index contributed by atoms with van der Waals surface area (Å²) in [7, 11) is 0. The molecule has 150 valence electrons. The molecule has 1 amide bonds. The summed E-state index contributed by atoms with van der Waals surface area (Å²) in [6.45, 7) is 5.40. The Hall–Kier alpha value is -1.89. The lowest BCUT2D eigenvalue weighted by molar-refractivity contribution is -0.153. The van der Waals surface area contributed by atoms with Gasteiger partial charge in [-0.3, -0.25) is 9.69 Å². The number of Topliss-reactive ketones (excluding diaryl/α,β-unsaturated/α-hetero) is 1. The molecular weight excluding hydrogens is 426 g/mol. The summed E-state index contributed by atoms with van der Waals surface area (Å²) >= 11 is 3.41. The normalized spacial score (nSPS) is 28.4. The largest absolute Gasteiger partial charge is 0.452 e. The van der Waals surface area contributed by atoms with E-state index in [1.54, 1.807) is 26.8 Å². The van der Waals surface area contributed by atoms with Gasteiger partial charge >= 0.3 is 12.1 Å². The third-order valence-electron chi connectivity index (χ3n) is 5.54. The minimum absolute atomic E-state index is 0.0486. The van der Waals surface area contributed by atoms with Gasteiger partial charge in [0.2, 0.25) is 5.78 Å². The van der Waals surface area contributed by atoms with Gasteiger partial charge in [-0.1, -0.05) is 15.9 Å². The Bertz CT molecular complexity index is 846. The first-order chi connectivity index (χ1) is 13.1. The molecule has 1 heterocycles. The average molecular weight is 450 g/mol. The number of amides is 1. The Balaban J connectivity index is 1.45. The molecule has 0 radical (unpaired) electrons. The maximum Gasteiger partial charge on any atom is 0.411 e. The number of ketones is 1. The Morgan fingerprint density at radius 2 is 1.96 bits per heavy atom. The molecule has 1 aliphatic heterocycles. The smallest absolute Gasteiger partial charge is 0.411 e. The number of aryl methyl sites for hydroxylation is 1. The zero-order chi connectivity index (χ0) is 20.2. The third kappa shape index (κ3) is 3.69. The fraction of sp³-hybridized carbons (Fsp3) is 0.571. The van der Waals surface area contributed by atoms with Crippen LogP contribution in [0.1, 0.15) is 56.0 Å². The summed E-state index contributed by atoms with van der Waals surface area (Å²) in [6, 6.07) is 4.89. The van der Waals surface area contributed by atoms with Crippen LogP contribution in [0, 0.1) is 5.92 Å². The number of carbonyl (C=O) groups excluding carboxylic acids is 3. The van der Waals surface area contributed by atoms with Gasteiger partial charge in [-0.05, 0) is 76.1 Å². The highest BCUT2D eigenvalue weighted by Gasteiger charge is 2.58. The number of rotatable bonds is 2. The Kier molecular flexibility index (Phi) is 4.76. The van der Waals surface area contributed by atoms with E-state index in [9.17, 15) is 14.4 Å². The van der Waals surface area contributed by atoms with Gasteiger partial charge < -0.3 is 9.47 Å². The number of fused-ring (bicyclic) bond motifs is 2. The van der Waals surface area contributed by atoms with E-state index in [1.165, 1.54) is 4.90 Å². The first-order valence-electron chi connectivity index (χ1n) is 9.68. The second-order valence-electron chi connectivity index (χ2n) is 8.83. The first kappa shape index (κ1) is 19.4. The van der Waals surface area contributed by atoms with Gasteiger partial charge in [-0.2, -0.15) is 0 Å². The van der Waals surface area contributed by atoms with E-state index in [4.69, 9.17) is 9.47 Å². The zero-order valence-corrected chi connectivity index (χ0v) is 17.8. The van der Waals surface area contributed by atoms with Gasteiger partial charge in [-0.25, -0.2) is 9.59 Å². The summed E-state index contributed by atoms with van der Waals surface area (Å²) in [5, 5.41) is 0. The minimum atomic E-state index is -0.793. The number of piperidine rings is 1. The summed E-state index contributed by atoms with van der Waals surface area (Å²) < 4.78 is 12.0. The van der Waals surface area contributed by atoms with Crippen LogP contribution >= 0.6 is 15.9 Å². The molecule has 3 unspecified atom stereocenters. The number of carbonyl (C=O) groups is 3. The lowest BCUT2D eigenvalue weighted by Gasteiger charge is -2.31. The Labute approximate surface area is 172 Å². The standard InChI is InChI=1S/C21H24BrNO5/c1-21(2,3)28-20(26)23-15-9-12(15)10-16(23)19(25)27-17-7-4-11-8-13(22)5-6-14(11)18(17)24/h5-6,8,12,15-17H,4,7,9-10H2,1-3H3/t12?,15?,16-,17?/m0/s1. The molecule has 1 aromatic rings. The highest BCUT2D eigenvalue weighted by Crippen LogP contribution is 2.48. The maximum atomic E-state index is 12.8. The van der Waals surface area contributed by atoms with Crippen molar-refractivity contribution >= 4 is 33.8 Å². The van der Waals surface area contributed by atoms with Crippen LogP contribution < -0.4 is 0 Å². The quantitative estimate of drug-likeness (QED) is 0.640. The predicted octanol–water partition coefficient (Wildman–Crippen LogP) is 3.89. The molecule has 1 aromatic carbocycles. The number of hydrogen-bond acceptors (Lipinski definition) is 5.